The van der Waals surface area contributed by atoms with Crippen molar-refractivity contribution in [1.82, 2.24) is 0 Å². The van der Waals surface area contributed by atoms with Crippen LogP contribution in [0.25, 0.3) is 0 Å². The molecule has 0 aliphatic rings. The van der Waals surface area contributed by atoms with Crippen LogP contribution < -0.4 is 4.74 Å². The molecule has 2 aromatic rings. The Kier molecular flexibility index (Phi) is 5.59. The van der Waals surface area contributed by atoms with Crippen LogP contribution in [0.1, 0.15) is 35.3 Å². The molecule has 0 fully saturated rings. The lowest BCUT2D eigenvalue weighted by atomic mass is 10.0. The van der Waals surface area contributed by atoms with Gasteiger partial charge >= 0.3 is 5.97 Å². The van der Waals surface area contributed by atoms with E-state index < -0.39 is 0 Å². The third kappa shape index (κ3) is 4.35. The molecule has 22 heavy (non-hydrogen) atoms. The lowest BCUT2D eigenvalue weighted by Crippen LogP contribution is -2.04. The molecule has 2 rings (SSSR count). The van der Waals surface area contributed by atoms with Gasteiger partial charge in [-0.3, -0.25) is 0 Å². The number of carbonyl (C=O) groups excluding carboxylic acids is 1. The third-order valence-electron chi connectivity index (χ3n) is 3.34. The van der Waals surface area contributed by atoms with Crippen LogP contribution in [0.4, 0.5) is 0 Å². The zero-order valence-electron chi connectivity index (χ0n) is 13.3. The highest BCUT2D eigenvalue weighted by molar-refractivity contribution is 5.89. The van der Waals surface area contributed by atoms with Gasteiger partial charge in [0.2, 0.25) is 0 Å². The summed E-state index contributed by atoms with van der Waals surface area (Å²) < 4.78 is 10.7. The molecule has 0 aromatic heterocycles. The zero-order valence-corrected chi connectivity index (χ0v) is 13.3. The SMILES string of the molecule is COC(=O)c1cccc(COc2ccccc2CC(C)C)c1. The lowest BCUT2D eigenvalue weighted by Gasteiger charge is -2.13. The van der Waals surface area contributed by atoms with E-state index in [-0.39, 0.29) is 5.97 Å². The Morgan fingerprint density at radius 2 is 1.86 bits per heavy atom. The number of ether oxygens (including phenoxy) is 2. The molecule has 0 N–H and O–H groups in total. The Balaban J connectivity index is 2.09. The molecule has 116 valence electrons. The number of carbonyl (C=O) groups is 1. The average Bonchev–Trinajstić information content (AvgIpc) is 2.53. The van der Waals surface area contributed by atoms with Gasteiger partial charge in [0, 0.05) is 0 Å². The van der Waals surface area contributed by atoms with Crippen LogP contribution in [-0.4, -0.2) is 13.1 Å². The highest BCUT2D eigenvalue weighted by Crippen LogP contribution is 2.22. The third-order valence-corrected chi connectivity index (χ3v) is 3.34. The number of rotatable bonds is 6. The number of esters is 1. The van der Waals surface area contributed by atoms with E-state index in [1.807, 2.05) is 30.3 Å². The number of methoxy groups -OCH3 is 1. The maximum atomic E-state index is 11.6. The summed E-state index contributed by atoms with van der Waals surface area (Å²) in [4.78, 5) is 11.6. The fraction of sp³-hybridized carbons (Fsp3) is 0.316. The molecule has 0 aliphatic carbocycles. The molecular formula is C19H22O3. The van der Waals surface area contributed by atoms with Crippen molar-refractivity contribution in [3.8, 4) is 5.75 Å². The van der Waals surface area contributed by atoms with E-state index in [1.54, 1.807) is 12.1 Å². The van der Waals surface area contributed by atoms with Crippen molar-refractivity contribution in [2.75, 3.05) is 7.11 Å². The quantitative estimate of drug-likeness (QED) is 0.748. The van der Waals surface area contributed by atoms with Gasteiger partial charge in [-0.05, 0) is 41.7 Å². The number of hydrogen-bond acceptors (Lipinski definition) is 3. The molecule has 3 heteroatoms. The molecule has 0 bridgehead atoms. The van der Waals surface area contributed by atoms with E-state index in [2.05, 4.69) is 19.9 Å². The van der Waals surface area contributed by atoms with Crippen LogP contribution in [0.5, 0.6) is 5.75 Å². The van der Waals surface area contributed by atoms with Gasteiger partial charge in [-0.1, -0.05) is 44.2 Å². The maximum Gasteiger partial charge on any atom is 0.337 e. The summed E-state index contributed by atoms with van der Waals surface area (Å²) in [6.45, 7) is 4.81. The van der Waals surface area contributed by atoms with Crippen molar-refractivity contribution in [3.63, 3.8) is 0 Å². The molecular weight excluding hydrogens is 276 g/mol. The van der Waals surface area contributed by atoms with E-state index in [9.17, 15) is 4.79 Å². The fourth-order valence-electron chi connectivity index (χ4n) is 2.32. The second kappa shape index (κ2) is 7.64. The molecule has 0 saturated carbocycles. The van der Waals surface area contributed by atoms with Crippen LogP contribution in [0.15, 0.2) is 48.5 Å². The Hall–Kier alpha value is -2.29. The predicted molar refractivity (Wildman–Crippen MR) is 87.1 cm³/mol. The van der Waals surface area contributed by atoms with Crippen molar-refractivity contribution in [2.45, 2.75) is 26.9 Å². The zero-order chi connectivity index (χ0) is 15.9. The molecule has 0 heterocycles. The number of para-hydroxylation sites is 1. The van der Waals surface area contributed by atoms with E-state index in [4.69, 9.17) is 9.47 Å². The molecule has 0 aliphatic heterocycles. The van der Waals surface area contributed by atoms with E-state index >= 15 is 0 Å². The average molecular weight is 298 g/mol. The Bertz CT molecular complexity index is 632. The summed E-state index contributed by atoms with van der Waals surface area (Å²) in [6, 6.07) is 15.4. The number of benzene rings is 2. The van der Waals surface area contributed by atoms with Crippen LogP contribution in [0.3, 0.4) is 0 Å². The van der Waals surface area contributed by atoms with E-state index in [0.717, 1.165) is 17.7 Å². The molecule has 0 radical (unpaired) electrons. The first-order valence-electron chi connectivity index (χ1n) is 7.48. The van der Waals surface area contributed by atoms with E-state index in [1.165, 1.54) is 12.7 Å². The van der Waals surface area contributed by atoms with Crippen molar-refractivity contribution in [1.29, 1.82) is 0 Å². The van der Waals surface area contributed by atoms with Gasteiger partial charge in [-0.25, -0.2) is 4.79 Å². The minimum atomic E-state index is -0.331. The summed E-state index contributed by atoms with van der Waals surface area (Å²) in [7, 11) is 1.38. The van der Waals surface area contributed by atoms with Gasteiger partial charge in [-0.15, -0.1) is 0 Å². The first-order valence-corrected chi connectivity index (χ1v) is 7.48. The monoisotopic (exact) mass is 298 g/mol. The molecule has 0 spiro atoms. The van der Waals surface area contributed by atoms with Gasteiger partial charge < -0.3 is 9.47 Å². The van der Waals surface area contributed by atoms with Gasteiger partial charge in [0.05, 0.1) is 12.7 Å². The van der Waals surface area contributed by atoms with Crippen LogP contribution in [-0.2, 0) is 17.8 Å². The summed E-state index contributed by atoms with van der Waals surface area (Å²) in [5.41, 5.74) is 2.70. The van der Waals surface area contributed by atoms with Crippen molar-refractivity contribution in [3.05, 3.63) is 65.2 Å². The minimum absolute atomic E-state index is 0.331. The number of hydrogen-bond donors (Lipinski definition) is 0. The molecule has 0 unspecified atom stereocenters. The lowest BCUT2D eigenvalue weighted by molar-refractivity contribution is 0.0600. The smallest absolute Gasteiger partial charge is 0.337 e. The standard InChI is InChI=1S/C19H22O3/c1-14(2)11-16-8-4-5-10-18(16)22-13-15-7-6-9-17(12-15)19(20)21-3/h4-10,12,14H,11,13H2,1-3H3. The summed E-state index contributed by atoms with van der Waals surface area (Å²) in [6.07, 6.45) is 0.984. The molecule has 0 atom stereocenters. The predicted octanol–water partition coefficient (Wildman–Crippen LogP) is 4.25. The summed E-state index contributed by atoms with van der Waals surface area (Å²) >= 11 is 0. The Morgan fingerprint density at radius 1 is 1.09 bits per heavy atom. The van der Waals surface area contributed by atoms with Gasteiger partial charge in [0.25, 0.3) is 0 Å². The van der Waals surface area contributed by atoms with E-state index in [0.29, 0.717) is 18.1 Å². The maximum absolute atomic E-state index is 11.6. The van der Waals surface area contributed by atoms with Gasteiger partial charge in [0.1, 0.15) is 12.4 Å². The first-order chi connectivity index (χ1) is 10.6. The Morgan fingerprint density at radius 3 is 2.59 bits per heavy atom. The van der Waals surface area contributed by atoms with Crippen molar-refractivity contribution < 1.29 is 14.3 Å². The normalized spacial score (nSPS) is 10.5. The molecule has 0 saturated heterocycles. The van der Waals surface area contributed by atoms with Crippen LogP contribution >= 0.6 is 0 Å². The van der Waals surface area contributed by atoms with Crippen LogP contribution in [0.2, 0.25) is 0 Å². The molecule has 0 amide bonds. The largest absolute Gasteiger partial charge is 0.489 e. The van der Waals surface area contributed by atoms with Crippen molar-refractivity contribution in [2.24, 2.45) is 5.92 Å². The highest BCUT2D eigenvalue weighted by Gasteiger charge is 2.08. The minimum Gasteiger partial charge on any atom is -0.489 e. The van der Waals surface area contributed by atoms with Crippen LogP contribution in [0, 0.1) is 5.92 Å². The fourth-order valence-corrected chi connectivity index (χ4v) is 2.32. The second-order valence-corrected chi connectivity index (χ2v) is 5.69. The van der Waals surface area contributed by atoms with Crippen molar-refractivity contribution >= 4 is 5.97 Å². The Labute approximate surface area is 131 Å². The molecule has 2 aromatic carbocycles. The summed E-state index contributed by atoms with van der Waals surface area (Å²) in [5, 5.41) is 0. The van der Waals surface area contributed by atoms with Gasteiger partial charge in [0.15, 0.2) is 0 Å². The van der Waals surface area contributed by atoms with Gasteiger partial charge in [-0.2, -0.15) is 0 Å². The second-order valence-electron chi connectivity index (χ2n) is 5.69. The highest BCUT2D eigenvalue weighted by atomic mass is 16.5. The summed E-state index contributed by atoms with van der Waals surface area (Å²) in [5.74, 6) is 1.15. The first kappa shape index (κ1) is 16.1. The topological polar surface area (TPSA) is 35.5 Å². The molecule has 3 nitrogen and oxygen atoms in total.